The third kappa shape index (κ3) is 4.84. The largest absolute Gasteiger partial charge is 0.497 e. The van der Waals surface area contributed by atoms with Crippen molar-refractivity contribution in [2.75, 3.05) is 7.11 Å². The first kappa shape index (κ1) is 26.4. The Morgan fingerprint density at radius 2 is 1.91 bits per heavy atom. The Morgan fingerprint density at radius 1 is 1.14 bits per heavy atom. The second-order valence-corrected chi connectivity index (χ2v) is 10.9. The molecule has 1 saturated carbocycles. The molecule has 1 aromatic rings. The number of methoxy groups -OCH3 is 1. The summed E-state index contributed by atoms with van der Waals surface area (Å²) in [5.74, 6) is 2.23. The zero-order valence-electron chi connectivity index (χ0n) is 21.3. The van der Waals surface area contributed by atoms with Crippen molar-refractivity contribution < 1.29 is 29.5 Å². The lowest BCUT2D eigenvalue weighted by Gasteiger charge is -2.55. The van der Waals surface area contributed by atoms with Crippen LogP contribution < -0.4 is 4.74 Å². The summed E-state index contributed by atoms with van der Waals surface area (Å²) in [4.78, 5) is 0. The molecule has 35 heavy (non-hydrogen) atoms. The van der Waals surface area contributed by atoms with Crippen molar-refractivity contribution in [2.24, 2.45) is 17.3 Å². The molecule has 1 saturated heterocycles. The highest BCUT2D eigenvalue weighted by molar-refractivity contribution is 5.40. The van der Waals surface area contributed by atoms with E-state index in [9.17, 15) is 15.3 Å². The number of aliphatic hydroxyl groups is 3. The van der Waals surface area contributed by atoms with Crippen molar-refractivity contribution in [1.29, 1.82) is 0 Å². The number of benzene rings is 1. The Bertz CT molecular complexity index is 901. The minimum Gasteiger partial charge on any atom is -0.497 e. The predicted molar refractivity (Wildman–Crippen MR) is 135 cm³/mol. The third-order valence-electron chi connectivity index (χ3n) is 9.02. The summed E-state index contributed by atoms with van der Waals surface area (Å²) < 4.78 is 17.7. The molecule has 194 valence electrons. The highest BCUT2D eigenvalue weighted by Crippen LogP contribution is 2.58. The summed E-state index contributed by atoms with van der Waals surface area (Å²) in [5.41, 5.74) is 2.64. The van der Waals surface area contributed by atoms with E-state index in [0.717, 1.165) is 37.9 Å². The number of hydrogen-bond acceptors (Lipinski definition) is 6. The average Bonchev–Trinajstić information content (AvgIpc) is 2.86. The maximum absolute atomic E-state index is 10.6. The fourth-order valence-electron chi connectivity index (χ4n) is 6.98. The first-order valence-corrected chi connectivity index (χ1v) is 13.0. The van der Waals surface area contributed by atoms with Gasteiger partial charge in [-0.25, -0.2) is 0 Å². The van der Waals surface area contributed by atoms with Crippen molar-refractivity contribution in [3.05, 3.63) is 54.6 Å². The monoisotopic (exact) mass is 486 g/mol. The molecule has 6 heteroatoms. The van der Waals surface area contributed by atoms with Gasteiger partial charge >= 0.3 is 0 Å². The van der Waals surface area contributed by atoms with Gasteiger partial charge in [-0.05, 0) is 91.9 Å². The van der Waals surface area contributed by atoms with Gasteiger partial charge in [-0.1, -0.05) is 25.1 Å². The van der Waals surface area contributed by atoms with E-state index in [0.29, 0.717) is 24.2 Å². The zero-order chi connectivity index (χ0) is 25.3. The number of allylic oxidation sites excluding steroid dienone is 1. The lowest BCUT2D eigenvalue weighted by atomic mass is 9.52. The smallest absolute Gasteiger partial charge is 0.186 e. The van der Waals surface area contributed by atoms with Crippen molar-refractivity contribution in [3.8, 4) is 5.75 Å². The third-order valence-corrected chi connectivity index (χ3v) is 9.02. The molecule has 0 unspecified atom stereocenters. The number of aryl methyl sites for hydroxylation is 1. The van der Waals surface area contributed by atoms with Crippen molar-refractivity contribution >= 4 is 0 Å². The fourth-order valence-corrected chi connectivity index (χ4v) is 6.98. The Balaban J connectivity index is 1.62. The topological polar surface area (TPSA) is 88.4 Å². The molecule has 0 amide bonds. The molecule has 0 aromatic heterocycles. The van der Waals surface area contributed by atoms with Gasteiger partial charge in [-0.3, -0.25) is 0 Å². The molecule has 3 aliphatic rings. The van der Waals surface area contributed by atoms with Crippen LogP contribution in [0.25, 0.3) is 0 Å². The first-order chi connectivity index (χ1) is 16.7. The number of ether oxygens (including phenoxy) is 3. The van der Waals surface area contributed by atoms with E-state index in [4.69, 9.17) is 14.2 Å². The average molecular weight is 487 g/mol. The highest BCUT2D eigenvalue weighted by atomic mass is 16.7. The lowest BCUT2D eigenvalue weighted by molar-refractivity contribution is -0.316. The van der Waals surface area contributed by atoms with Gasteiger partial charge in [0, 0.05) is 0 Å². The normalized spacial score (nSPS) is 39.7. The maximum atomic E-state index is 10.6. The standard InChI is InChI=1S/C29H42O6/c1-6-8-23-22-12-10-18-16-19(33-5)11-13-20(18)21(22)14-15-29(23,4)24(9-7-2)35-28-27(32)26(31)25(30)17(3)34-28/h6-7,11,13,16-17,21-28,30-32H,1-2,8-10,12,14-15H2,3-5H3/t17-,21+,22+,23-,24-,25-,26+,27+,28-,29-/m0/s1. The van der Waals surface area contributed by atoms with Gasteiger partial charge in [0.15, 0.2) is 6.29 Å². The van der Waals surface area contributed by atoms with Crippen LogP contribution in [0.2, 0.25) is 0 Å². The summed E-state index contributed by atoms with van der Waals surface area (Å²) >= 11 is 0. The van der Waals surface area contributed by atoms with Crippen LogP contribution in [0.1, 0.15) is 63.0 Å². The van der Waals surface area contributed by atoms with Gasteiger partial charge in [0.1, 0.15) is 24.1 Å². The molecule has 0 spiro atoms. The van der Waals surface area contributed by atoms with Crippen molar-refractivity contribution in [2.45, 2.75) is 95.1 Å². The Kier molecular flexibility index (Phi) is 8.08. The van der Waals surface area contributed by atoms with Crippen LogP contribution in [0.15, 0.2) is 43.5 Å². The first-order valence-electron chi connectivity index (χ1n) is 13.0. The van der Waals surface area contributed by atoms with Crippen LogP contribution in [-0.2, 0) is 15.9 Å². The van der Waals surface area contributed by atoms with E-state index in [1.165, 1.54) is 11.1 Å². The molecule has 1 aromatic carbocycles. The Morgan fingerprint density at radius 3 is 2.60 bits per heavy atom. The predicted octanol–water partition coefficient (Wildman–Crippen LogP) is 4.12. The van der Waals surface area contributed by atoms with Gasteiger partial charge in [0.05, 0.1) is 19.3 Å². The number of hydrogen-bond donors (Lipinski definition) is 3. The van der Waals surface area contributed by atoms with Crippen LogP contribution in [0, 0.1) is 17.3 Å². The van der Waals surface area contributed by atoms with Gasteiger partial charge in [0.2, 0.25) is 0 Å². The molecule has 0 bridgehead atoms. The molecular formula is C29H42O6. The Hall–Kier alpha value is -1.70. The van der Waals surface area contributed by atoms with Gasteiger partial charge in [-0.15, -0.1) is 13.2 Å². The van der Waals surface area contributed by atoms with Crippen molar-refractivity contribution in [3.63, 3.8) is 0 Å². The van der Waals surface area contributed by atoms with E-state index in [1.807, 2.05) is 12.2 Å². The number of fused-ring (bicyclic) bond motifs is 3. The molecule has 6 nitrogen and oxygen atoms in total. The van der Waals surface area contributed by atoms with Crippen LogP contribution in [0.5, 0.6) is 5.75 Å². The van der Waals surface area contributed by atoms with Gasteiger partial charge < -0.3 is 29.5 Å². The summed E-state index contributed by atoms with van der Waals surface area (Å²) in [6.07, 6.45) is 3.83. The molecule has 2 fully saturated rings. The van der Waals surface area contributed by atoms with Crippen LogP contribution in [0.3, 0.4) is 0 Å². The van der Waals surface area contributed by atoms with E-state index in [-0.39, 0.29) is 11.5 Å². The second-order valence-electron chi connectivity index (χ2n) is 10.9. The molecule has 1 aliphatic heterocycles. The maximum Gasteiger partial charge on any atom is 0.186 e. The summed E-state index contributed by atoms with van der Waals surface area (Å²) in [6.45, 7) is 12.0. The van der Waals surface area contributed by atoms with Crippen LogP contribution in [0.4, 0.5) is 0 Å². The molecule has 3 N–H and O–H groups in total. The Labute approximate surface area is 209 Å². The molecule has 0 radical (unpaired) electrons. The molecule has 2 aliphatic carbocycles. The molecule has 10 atom stereocenters. The fraction of sp³-hybridized carbons (Fsp3) is 0.655. The van der Waals surface area contributed by atoms with E-state index >= 15 is 0 Å². The second kappa shape index (κ2) is 10.7. The van der Waals surface area contributed by atoms with Crippen LogP contribution in [-0.4, -0.2) is 59.2 Å². The van der Waals surface area contributed by atoms with Crippen LogP contribution >= 0.6 is 0 Å². The molecular weight excluding hydrogens is 444 g/mol. The van der Waals surface area contributed by atoms with E-state index in [1.54, 1.807) is 14.0 Å². The van der Waals surface area contributed by atoms with Gasteiger partial charge in [0.25, 0.3) is 0 Å². The lowest BCUT2D eigenvalue weighted by Crippen LogP contribution is -2.59. The minimum absolute atomic E-state index is 0.194. The summed E-state index contributed by atoms with van der Waals surface area (Å²) in [7, 11) is 1.71. The molecule has 1 heterocycles. The molecule has 4 rings (SSSR count). The van der Waals surface area contributed by atoms with Crippen molar-refractivity contribution in [1.82, 2.24) is 0 Å². The van der Waals surface area contributed by atoms with E-state index < -0.39 is 30.7 Å². The zero-order valence-corrected chi connectivity index (χ0v) is 21.3. The van der Waals surface area contributed by atoms with Gasteiger partial charge in [-0.2, -0.15) is 0 Å². The SMILES string of the molecule is C=CC[C@H](O[C@@H]1O[C@@H](C)[C@H](O)[C@@H](O)[C@H]1O)[C@@]1(C)CC[C@@H]2c3ccc(OC)cc3CC[C@H]2[C@@H]1CC=C. The minimum atomic E-state index is -1.32. The van der Waals surface area contributed by atoms with E-state index in [2.05, 4.69) is 38.3 Å². The number of rotatable bonds is 8. The number of aliphatic hydroxyl groups excluding tert-OH is 3. The summed E-state index contributed by atoms with van der Waals surface area (Å²) in [5, 5.41) is 31.0. The highest BCUT2D eigenvalue weighted by Gasteiger charge is 2.53. The summed E-state index contributed by atoms with van der Waals surface area (Å²) in [6, 6.07) is 6.51. The quantitative estimate of drug-likeness (QED) is 0.479.